The number of aliphatic imine (C=N–C) groups is 1. The fourth-order valence-corrected chi connectivity index (χ4v) is 3.02. The van der Waals surface area contributed by atoms with Gasteiger partial charge in [-0.3, -0.25) is 9.79 Å². The Balaban J connectivity index is 1.71. The number of guanidine groups is 1. The molecule has 1 aliphatic rings. The highest BCUT2D eigenvalue weighted by Crippen LogP contribution is 2.10. The molecule has 8 nitrogen and oxygen atoms in total. The van der Waals surface area contributed by atoms with Gasteiger partial charge in [-0.1, -0.05) is 12.8 Å². The van der Waals surface area contributed by atoms with E-state index in [0.29, 0.717) is 6.42 Å². The molecule has 1 aromatic heterocycles. The minimum Gasteiger partial charge on any atom is -0.469 e. The third-order valence-corrected chi connectivity index (χ3v) is 4.53. The number of hydrogen-bond acceptors (Lipinski definition) is 6. The second-order valence-corrected chi connectivity index (χ2v) is 6.50. The third kappa shape index (κ3) is 7.40. The molecule has 0 aliphatic carbocycles. The van der Waals surface area contributed by atoms with E-state index in [4.69, 9.17) is 4.99 Å². The minimum atomic E-state index is -0.123. The number of nitrogens with one attached hydrogen (secondary N) is 1. The first-order chi connectivity index (χ1) is 13.2. The molecule has 0 unspecified atom stereocenters. The highest BCUT2D eigenvalue weighted by molar-refractivity contribution is 5.80. The highest BCUT2D eigenvalue weighted by Gasteiger charge is 2.20. The predicted molar refractivity (Wildman–Crippen MR) is 107 cm³/mol. The number of nitrogens with zero attached hydrogens (tertiary/aromatic N) is 5. The van der Waals surface area contributed by atoms with E-state index in [9.17, 15) is 4.79 Å². The highest BCUT2D eigenvalue weighted by atomic mass is 16.5. The van der Waals surface area contributed by atoms with Crippen LogP contribution in [0.3, 0.4) is 0 Å². The van der Waals surface area contributed by atoms with E-state index >= 15 is 0 Å². The largest absolute Gasteiger partial charge is 0.469 e. The fraction of sp³-hybridized carbons (Fsp3) is 0.684. The summed E-state index contributed by atoms with van der Waals surface area (Å²) in [6.07, 6.45) is 8.12. The van der Waals surface area contributed by atoms with Crippen LogP contribution in [0.5, 0.6) is 0 Å². The molecule has 2 rings (SSSR count). The molecule has 1 fully saturated rings. The van der Waals surface area contributed by atoms with E-state index in [1.54, 1.807) is 12.4 Å². The van der Waals surface area contributed by atoms with Gasteiger partial charge in [0.2, 0.25) is 5.95 Å². The Hall–Kier alpha value is -2.38. The average molecular weight is 377 g/mol. The van der Waals surface area contributed by atoms with E-state index < -0.39 is 0 Å². The quantitative estimate of drug-likeness (QED) is 0.304. The SMILES string of the molecule is CCNC(=NCCCCCCC(=O)OC)N1CCN(c2ncccn2)CC1. The maximum atomic E-state index is 11.1. The summed E-state index contributed by atoms with van der Waals surface area (Å²) in [5.41, 5.74) is 0. The maximum absolute atomic E-state index is 11.1. The van der Waals surface area contributed by atoms with Crippen molar-refractivity contribution in [1.29, 1.82) is 0 Å². The number of ether oxygens (including phenoxy) is 1. The van der Waals surface area contributed by atoms with E-state index in [2.05, 4.69) is 36.7 Å². The van der Waals surface area contributed by atoms with Crippen LogP contribution in [0.1, 0.15) is 39.0 Å². The number of anilines is 1. The van der Waals surface area contributed by atoms with Gasteiger partial charge in [-0.2, -0.15) is 0 Å². The summed E-state index contributed by atoms with van der Waals surface area (Å²) < 4.78 is 4.65. The smallest absolute Gasteiger partial charge is 0.305 e. The molecule has 0 atom stereocenters. The Bertz CT molecular complexity index is 573. The Kier molecular flexibility index (Phi) is 9.37. The topological polar surface area (TPSA) is 83.0 Å². The van der Waals surface area contributed by atoms with Gasteiger partial charge in [0.05, 0.1) is 7.11 Å². The number of esters is 1. The van der Waals surface area contributed by atoms with E-state index in [1.807, 2.05) is 6.07 Å². The van der Waals surface area contributed by atoms with Crippen LogP contribution in [0, 0.1) is 0 Å². The molecule has 1 saturated heterocycles. The lowest BCUT2D eigenvalue weighted by Gasteiger charge is -2.36. The van der Waals surface area contributed by atoms with Gasteiger partial charge in [-0.25, -0.2) is 9.97 Å². The Morgan fingerprint density at radius 2 is 1.85 bits per heavy atom. The van der Waals surface area contributed by atoms with Gasteiger partial charge in [0.25, 0.3) is 0 Å². The Labute approximate surface area is 162 Å². The molecule has 0 spiro atoms. The molecule has 150 valence electrons. The van der Waals surface area contributed by atoms with Crippen molar-refractivity contribution in [3.63, 3.8) is 0 Å². The van der Waals surface area contributed by atoms with Gasteiger partial charge in [-0.05, 0) is 25.8 Å². The number of rotatable bonds is 9. The van der Waals surface area contributed by atoms with Crippen molar-refractivity contribution in [1.82, 2.24) is 20.2 Å². The number of unbranched alkanes of at least 4 members (excludes halogenated alkanes) is 3. The van der Waals surface area contributed by atoms with E-state index in [-0.39, 0.29) is 5.97 Å². The zero-order valence-electron chi connectivity index (χ0n) is 16.6. The zero-order valence-corrected chi connectivity index (χ0v) is 16.6. The average Bonchev–Trinajstić information content (AvgIpc) is 2.73. The first kappa shape index (κ1) is 20.9. The molecule has 27 heavy (non-hydrogen) atoms. The zero-order chi connectivity index (χ0) is 19.3. The number of methoxy groups -OCH3 is 1. The van der Waals surface area contributed by atoms with Crippen LogP contribution in [0.25, 0.3) is 0 Å². The number of piperazine rings is 1. The van der Waals surface area contributed by atoms with Crippen LogP contribution in [0.15, 0.2) is 23.5 Å². The Morgan fingerprint density at radius 3 is 2.52 bits per heavy atom. The van der Waals surface area contributed by atoms with Gasteiger partial charge >= 0.3 is 5.97 Å². The summed E-state index contributed by atoms with van der Waals surface area (Å²) in [7, 11) is 1.44. The molecule has 1 aromatic rings. The van der Waals surface area contributed by atoms with Crippen LogP contribution in [0.2, 0.25) is 0 Å². The van der Waals surface area contributed by atoms with Crippen molar-refractivity contribution >= 4 is 17.9 Å². The van der Waals surface area contributed by atoms with Gasteiger partial charge in [-0.15, -0.1) is 0 Å². The molecule has 8 heteroatoms. The second kappa shape index (κ2) is 12.1. The van der Waals surface area contributed by atoms with Crippen molar-refractivity contribution < 1.29 is 9.53 Å². The monoisotopic (exact) mass is 376 g/mol. The number of aromatic nitrogens is 2. The number of hydrogen-bond donors (Lipinski definition) is 1. The van der Waals surface area contributed by atoms with Crippen molar-refractivity contribution in [2.45, 2.75) is 39.0 Å². The van der Waals surface area contributed by atoms with Crippen LogP contribution in [-0.4, -0.2) is 73.2 Å². The molecule has 0 aromatic carbocycles. The summed E-state index contributed by atoms with van der Waals surface area (Å²) in [6.45, 7) is 7.36. The van der Waals surface area contributed by atoms with E-state index in [1.165, 1.54) is 7.11 Å². The fourth-order valence-electron chi connectivity index (χ4n) is 3.02. The van der Waals surface area contributed by atoms with Gasteiger partial charge in [0, 0.05) is 58.1 Å². The Morgan fingerprint density at radius 1 is 1.15 bits per heavy atom. The predicted octanol–water partition coefficient (Wildman–Crippen LogP) is 1.69. The standard InChI is InChI=1S/C19H32N6O2/c1-3-20-18(21-10-7-5-4-6-9-17(26)27-2)24-13-15-25(16-14-24)19-22-11-8-12-23-19/h8,11-12H,3-7,9-10,13-16H2,1-2H3,(H,20,21). The van der Waals surface area contributed by atoms with Crippen molar-refractivity contribution in [3.8, 4) is 0 Å². The normalized spacial score (nSPS) is 15.0. The van der Waals surface area contributed by atoms with Crippen LogP contribution in [0.4, 0.5) is 5.95 Å². The molecular weight excluding hydrogens is 344 g/mol. The molecule has 0 bridgehead atoms. The number of carbonyl (C=O) groups excluding carboxylic acids is 1. The summed E-state index contributed by atoms with van der Waals surface area (Å²) >= 11 is 0. The third-order valence-electron chi connectivity index (χ3n) is 4.53. The molecule has 1 N–H and O–H groups in total. The van der Waals surface area contributed by atoms with Gasteiger partial charge in [0.15, 0.2) is 5.96 Å². The van der Waals surface area contributed by atoms with Crippen molar-refractivity contribution in [2.24, 2.45) is 4.99 Å². The summed E-state index contributed by atoms with van der Waals surface area (Å²) in [4.78, 5) is 29.0. The van der Waals surface area contributed by atoms with Crippen LogP contribution in [-0.2, 0) is 9.53 Å². The van der Waals surface area contributed by atoms with Gasteiger partial charge in [0.1, 0.15) is 0 Å². The minimum absolute atomic E-state index is 0.123. The molecule has 0 amide bonds. The second-order valence-electron chi connectivity index (χ2n) is 6.50. The van der Waals surface area contributed by atoms with Crippen molar-refractivity contribution in [2.75, 3.05) is 51.3 Å². The lowest BCUT2D eigenvalue weighted by Crippen LogP contribution is -2.53. The first-order valence-corrected chi connectivity index (χ1v) is 9.86. The molecule has 0 radical (unpaired) electrons. The van der Waals surface area contributed by atoms with Gasteiger partial charge < -0.3 is 19.9 Å². The van der Waals surface area contributed by atoms with Crippen LogP contribution < -0.4 is 10.2 Å². The summed E-state index contributed by atoms with van der Waals surface area (Å²) in [5.74, 6) is 1.66. The maximum Gasteiger partial charge on any atom is 0.305 e. The van der Waals surface area contributed by atoms with Crippen molar-refractivity contribution in [3.05, 3.63) is 18.5 Å². The lowest BCUT2D eigenvalue weighted by atomic mass is 10.1. The summed E-state index contributed by atoms with van der Waals surface area (Å²) in [6, 6.07) is 1.84. The summed E-state index contributed by atoms with van der Waals surface area (Å²) in [5, 5.41) is 3.40. The molecule has 0 saturated carbocycles. The molecule has 2 heterocycles. The van der Waals surface area contributed by atoms with Crippen LogP contribution >= 0.6 is 0 Å². The molecule has 1 aliphatic heterocycles. The molecular formula is C19H32N6O2. The van der Waals surface area contributed by atoms with E-state index in [0.717, 1.165) is 76.9 Å². The first-order valence-electron chi connectivity index (χ1n) is 9.86. The lowest BCUT2D eigenvalue weighted by molar-refractivity contribution is -0.140. The number of carbonyl (C=O) groups is 1.